The second-order valence-electron chi connectivity index (χ2n) is 12.4. The molecule has 2 atom stereocenters. The van der Waals surface area contributed by atoms with Gasteiger partial charge < -0.3 is 14.4 Å². The summed E-state index contributed by atoms with van der Waals surface area (Å²) in [6, 6.07) is 11.3. The highest BCUT2D eigenvalue weighted by Gasteiger charge is 2.69. The molecule has 36 heavy (non-hydrogen) atoms. The fourth-order valence-corrected chi connectivity index (χ4v) is 10.0. The molecule has 7 heteroatoms. The van der Waals surface area contributed by atoms with Crippen molar-refractivity contribution in [2.75, 3.05) is 25.6 Å². The average Bonchev–Trinajstić information content (AvgIpc) is 3.20. The lowest BCUT2D eigenvalue weighted by Gasteiger charge is -2.62. The van der Waals surface area contributed by atoms with E-state index in [0.29, 0.717) is 30.8 Å². The Hall–Kier alpha value is -1.67. The SMILES string of the molecule is CN(C)c1cccc2c(S(=O)(=O)OC34CC5CC(C3)C3(OCC6(CCCCC6)O3)C(C5)C4)cccc12. The van der Waals surface area contributed by atoms with Gasteiger partial charge in [0.15, 0.2) is 5.79 Å². The van der Waals surface area contributed by atoms with Gasteiger partial charge in [0.1, 0.15) is 4.90 Å². The second kappa shape index (κ2) is 7.92. The van der Waals surface area contributed by atoms with Gasteiger partial charge in [-0.2, -0.15) is 8.42 Å². The first-order valence-corrected chi connectivity index (χ1v) is 15.1. The van der Waals surface area contributed by atoms with E-state index >= 15 is 0 Å². The van der Waals surface area contributed by atoms with Crippen molar-refractivity contribution in [3.05, 3.63) is 36.4 Å². The van der Waals surface area contributed by atoms with Crippen LogP contribution in [0.2, 0.25) is 0 Å². The van der Waals surface area contributed by atoms with E-state index in [2.05, 4.69) is 0 Å². The zero-order chi connectivity index (χ0) is 24.8. The molecule has 194 valence electrons. The van der Waals surface area contributed by atoms with Crippen molar-refractivity contribution >= 4 is 26.6 Å². The van der Waals surface area contributed by atoms with E-state index in [4.69, 9.17) is 13.7 Å². The quantitative estimate of drug-likeness (QED) is 0.496. The summed E-state index contributed by atoms with van der Waals surface area (Å²) in [5.41, 5.74) is 0.214. The van der Waals surface area contributed by atoms with E-state index in [1.54, 1.807) is 6.07 Å². The van der Waals surface area contributed by atoms with Gasteiger partial charge in [-0.05, 0) is 63.0 Å². The van der Waals surface area contributed by atoms with Gasteiger partial charge in [-0.3, -0.25) is 4.18 Å². The molecule has 1 saturated heterocycles. The number of hydrogen-bond acceptors (Lipinski definition) is 6. The molecule has 2 aromatic rings. The molecule has 1 heterocycles. The van der Waals surface area contributed by atoms with Gasteiger partial charge in [0.05, 0.1) is 17.8 Å². The van der Waals surface area contributed by atoms with Crippen LogP contribution in [-0.4, -0.2) is 46.1 Å². The molecule has 4 bridgehead atoms. The summed E-state index contributed by atoms with van der Waals surface area (Å²) < 4.78 is 47.7. The first-order chi connectivity index (χ1) is 17.2. The van der Waals surface area contributed by atoms with Crippen molar-refractivity contribution in [1.29, 1.82) is 0 Å². The lowest BCUT2D eigenvalue weighted by atomic mass is 9.51. The van der Waals surface area contributed by atoms with Gasteiger partial charge in [-0.1, -0.05) is 43.5 Å². The van der Waals surface area contributed by atoms with Crippen LogP contribution in [0.3, 0.4) is 0 Å². The highest BCUT2D eigenvalue weighted by Crippen LogP contribution is 2.66. The molecule has 0 radical (unpaired) electrons. The van der Waals surface area contributed by atoms with Gasteiger partial charge in [0.25, 0.3) is 10.1 Å². The van der Waals surface area contributed by atoms with Crippen molar-refractivity contribution in [1.82, 2.24) is 0 Å². The molecular formula is C29H37NO5S. The highest BCUT2D eigenvalue weighted by atomic mass is 32.2. The monoisotopic (exact) mass is 511 g/mol. The van der Waals surface area contributed by atoms with Crippen LogP contribution in [0.25, 0.3) is 10.8 Å². The second-order valence-corrected chi connectivity index (χ2v) is 14.0. The van der Waals surface area contributed by atoms with Crippen molar-refractivity contribution in [2.24, 2.45) is 17.8 Å². The van der Waals surface area contributed by atoms with Crippen LogP contribution in [0, 0.1) is 17.8 Å². The van der Waals surface area contributed by atoms with Crippen LogP contribution in [0.5, 0.6) is 0 Å². The molecule has 2 unspecified atom stereocenters. The zero-order valence-corrected chi connectivity index (χ0v) is 22.2. The van der Waals surface area contributed by atoms with E-state index in [1.165, 1.54) is 19.3 Å². The van der Waals surface area contributed by atoms with Crippen molar-refractivity contribution in [2.45, 2.75) is 86.1 Å². The molecule has 2 spiro atoms. The summed E-state index contributed by atoms with van der Waals surface area (Å²) in [5, 5.41) is 1.63. The van der Waals surface area contributed by atoms with E-state index in [-0.39, 0.29) is 22.3 Å². The van der Waals surface area contributed by atoms with Crippen LogP contribution in [0.4, 0.5) is 5.69 Å². The summed E-state index contributed by atoms with van der Waals surface area (Å²) in [5.74, 6) is 0.345. The lowest BCUT2D eigenvalue weighted by molar-refractivity contribution is -0.323. The van der Waals surface area contributed by atoms with Crippen LogP contribution >= 0.6 is 0 Å². The van der Waals surface area contributed by atoms with E-state index < -0.39 is 21.5 Å². The Morgan fingerprint density at radius 2 is 1.61 bits per heavy atom. The smallest absolute Gasteiger partial charge is 0.298 e. The minimum Gasteiger partial charge on any atom is -0.377 e. The Balaban J connectivity index is 1.20. The molecule has 0 amide bonds. The van der Waals surface area contributed by atoms with Crippen molar-refractivity contribution < 1.29 is 22.1 Å². The number of nitrogens with zero attached hydrogens (tertiary/aromatic N) is 1. The molecule has 0 N–H and O–H groups in total. The first kappa shape index (κ1) is 23.4. The predicted octanol–water partition coefficient (Wildman–Crippen LogP) is 5.64. The molecule has 1 aliphatic heterocycles. The van der Waals surface area contributed by atoms with E-state index in [9.17, 15) is 8.42 Å². The van der Waals surface area contributed by atoms with E-state index in [0.717, 1.165) is 43.2 Å². The number of fused-ring (bicyclic) bond motifs is 1. The number of anilines is 1. The fraction of sp³-hybridized carbons (Fsp3) is 0.655. The molecule has 0 aromatic heterocycles. The van der Waals surface area contributed by atoms with Crippen molar-refractivity contribution in [3.63, 3.8) is 0 Å². The largest absolute Gasteiger partial charge is 0.377 e. The van der Waals surface area contributed by atoms with Crippen molar-refractivity contribution in [3.8, 4) is 0 Å². The Morgan fingerprint density at radius 1 is 0.917 bits per heavy atom. The van der Waals surface area contributed by atoms with Crippen LogP contribution in [0.15, 0.2) is 41.3 Å². The summed E-state index contributed by atoms with van der Waals surface area (Å²) in [6.45, 7) is 0.695. The Labute approximate surface area is 214 Å². The minimum atomic E-state index is -3.95. The molecule has 5 aliphatic carbocycles. The minimum absolute atomic E-state index is 0.124. The molecule has 6 aliphatic rings. The van der Waals surface area contributed by atoms with E-state index in [1.807, 2.05) is 49.3 Å². The lowest BCUT2D eigenvalue weighted by Crippen LogP contribution is -2.65. The first-order valence-electron chi connectivity index (χ1n) is 13.7. The van der Waals surface area contributed by atoms with Crippen LogP contribution in [-0.2, 0) is 23.8 Å². The molecular weight excluding hydrogens is 474 g/mol. The fourth-order valence-electron chi connectivity index (χ4n) is 8.59. The maximum Gasteiger partial charge on any atom is 0.298 e. The Morgan fingerprint density at radius 3 is 2.33 bits per heavy atom. The Kier molecular flexibility index (Phi) is 5.16. The van der Waals surface area contributed by atoms with Crippen LogP contribution < -0.4 is 4.90 Å². The van der Waals surface area contributed by atoms with Gasteiger partial charge in [0, 0.05) is 42.4 Å². The third-order valence-corrected chi connectivity index (χ3v) is 11.3. The average molecular weight is 512 g/mol. The number of ether oxygens (including phenoxy) is 2. The maximum atomic E-state index is 13.9. The number of hydrogen-bond donors (Lipinski definition) is 0. The maximum absolute atomic E-state index is 13.9. The molecule has 6 fully saturated rings. The summed E-state index contributed by atoms with van der Waals surface area (Å²) in [6.07, 6.45) is 10.2. The Bertz CT molecular complexity index is 1280. The molecule has 2 aromatic carbocycles. The topological polar surface area (TPSA) is 65.1 Å². The predicted molar refractivity (Wildman–Crippen MR) is 138 cm³/mol. The van der Waals surface area contributed by atoms with Gasteiger partial charge in [0.2, 0.25) is 0 Å². The number of benzene rings is 2. The van der Waals surface area contributed by atoms with Crippen LogP contribution in [0.1, 0.15) is 64.2 Å². The summed E-state index contributed by atoms with van der Waals surface area (Å²) in [4.78, 5) is 2.28. The molecule has 5 saturated carbocycles. The van der Waals surface area contributed by atoms with Gasteiger partial charge in [-0.25, -0.2) is 0 Å². The zero-order valence-electron chi connectivity index (χ0n) is 21.4. The number of rotatable bonds is 4. The molecule has 6 nitrogen and oxygen atoms in total. The summed E-state index contributed by atoms with van der Waals surface area (Å²) in [7, 11) is -0.00507. The summed E-state index contributed by atoms with van der Waals surface area (Å²) >= 11 is 0. The normalized spacial score (nSPS) is 36.8. The standard InChI is InChI=1S/C29H37NO5S/c1-30(2)25-10-6-9-24-23(25)8-7-11-26(24)36(31,32)35-28-16-20-14-21(17-28)29(22(15-20)18-28)33-19-27(34-29)12-4-3-5-13-27/h6-11,20-22H,3-5,12-19H2,1-2H3. The molecule has 8 rings (SSSR count). The highest BCUT2D eigenvalue weighted by molar-refractivity contribution is 7.87. The third kappa shape index (κ3) is 3.42. The van der Waals surface area contributed by atoms with Gasteiger partial charge in [-0.15, -0.1) is 0 Å². The van der Waals surface area contributed by atoms with Gasteiger partial charge >= 0.3 is 0 Å². The third-order valence-electron chi connectivity index (χ3n) is 9.87.